The van der Waals surface area contributed by atoms with E-state index in [1.807, 2.05) is 32.9 Å². The number of ether oxygens (including phenoxy) is 1. The Morgan fingerprint density at radius 1 is 1.45 bits per heavy atom. The monoisotopic (exact) mass is 277 g/mol. The molecule has 1 aromatic rings. The standard InChI is InChI=1S/C15H23N3O2/c1-15(2,3)20-14(19)18(10-11-4-5-11)13-7-6-12(8-16)17-9-13/h6-7,9,11H,4-5,8,10,16H2,1-3H3. The Labute approximate surface area is 120 Å². The predicted octanol–water partition coefficient (Wildman–Crippen LogP) is 2.69. The molecule has 5 heteroatoms. The molecule has 0 aromatic carbocycles. The van der Waals surface area contributed by atoms with E-state index in [0.29, 0.717) is 19.0 Å². The zero-order valence-electron chi connectivity index (χ0n) is 12.4. The van der Waals surface area contributed by atoms with Crippen LogP contribution in [0.25, 0.3) is 0 Å². The molecule has 0 spiro atoms. The van der Waals surface area contributed by atoms with Crippen LogP contribution in [0.3, 0.4) is 0 Å². The van der Waals surface area contributed by atoms with Gasteiger partial charge in [0.2, 0.25) is 0 Å². The first-order chi connectivity index (χ1) is 9.39. The third-order valence-electron chi connectivity index (χ3n) is 3.08. The van der Waals surface area contributed by atoms with Gasteiger partial charge in [-0.05, 0) is 51.7 Å². The summed E-state index contributed by atoms with van der Waals surface area (Å²) in [6, 6.07) is 3.72. The maximum Gasteiger partial charge on any atom is 0.414 e. The van der Waals surface area contributed by atoms with Crippen LogP contribution in [0.1, 0.15) is 39.3 Å². The van der Waals surface area contributed by atoms with Crippen LogP contribution in [-0.2, 0) is 11.3 Å². The molecule has 1 aliphatic carbocycles. The maximum absolute atomic E-state index is 12.3. The van der Waals surface area contributed by atoms with Crippen LogP contribution in [0.2, 0.25) is 0 Å². The van der Waals surface area contributed by atoms with Crippen molar-refractivity contribution >= 4 is 11.8 Å². The molecule has 0 bridgehead atoms. The Morgan fingerprint density at radius 3 is 2.60 bits per heavy atom. The number of amides is 1. The summed E-state index contributed by atoms with van der Waals surface area (Å²) in [6.45, 7) is 6.70. The molecule has 20 heavy (non-hydrogen) atoms. The topological polar surface area (TPSA) is 68.5 Å². The van der Waals surface area contributed by atoms with Crippen LogP contribution in [0, 0.1) is 5.92 Å². The minimum absolute atomic E-state index is 0.313. The van der Waals surface area contributed by atoms with Crippen molar-refractivity contribution < 1.29 is 9.53 Å². The fraction of sp³-hybridized carbons (Fsp3) is 0.600. The highest BCUT2D eigenvalue weighted by Gasteiger charge is 2.30. The highest BCUT2D eigenvalue weighted by Crippen LogP contribution is 2.32. The van der Waals surface area contributed by atoms with Gasteiger partial charge in [0.15, 0.2) is 0 Å². The third-order valence-corrected chi connectivity index (χ3v) is 3.08. The molecule has 1 aromatic heterocycles. The number of pyridine rings is 1. The molecule has 0 unspecified atom stereocenters. The zero-order valence-corrected chi connectivity index (χ0v) is 12.4. The number of hydrogen-bond acceptors (Lipinski definition) is 4. The Kier molecular flexibility index (Phi) is 4.28. The molecule has 2 N–H and O–H groups in total. The van der Waals surface area contributed by atoms with E-state index in [9.17, 15) is 4.79 Å². The lowest BCUT2D eigenvalue weighted by Gasteiger charge is -2.27. The molecule has 5 nitrogen and oxygen atoms in total. The second kappa shape index (κ2) is 5.79. The molecule has 2 rings (SSSR count). The fourth-order valence-corrected chi connectivity index (χ4v) is 1.86. The SMILES string of the molecule is CC(C)(C)OC(=O)N(CC1CC1)c1ccc(CN)nc1. The van der Waals surface area contributed by atoms with Crippen LogP contribution in [-0.4, -0.2) is 23.2 Å². The number of nitrogens with two attached hydrogens (primary N) is 1. The Hall–Kier alpha value is -1.62. The van der Waals surface area contributed by atoms with Crippen LogP contribution in [0.15, 0.2) is 18.3 Å². The molecule has 0 radical (unpaired) electrons. The number of aromatic nitrogens is 1. The van der Waals surface area contributed by atoms with Crippen molar-refractivity contribution in [3.05, 3.63) is 24.0 Å². The average molecular weight is 277 g/mol. The van der Waals surface area contributed by atoms with Gasteiger partial charge in [0.05, 0.1) is 17.6 Å². The highest BCUT2D eigenvalue weighted by atomic mass is 16.6. The van der Waals surface area contributed by atoms with Crippen molar-refractivity contribution in [3.8, 4) is 0 Å². The van der Waals surface area contributed by atoms with Gasteiger partial charge in [0.25, 0.3) is 0 Å². The van der Waals surface area contributed by atoms with Gasteiger partial charge in [-0.1, -0.05) is 0 Å². The van der Waals surface area contributed by atoms with Gasteiger partial charge >= 0.3 is 6.09 Å². The molecule has 1 aliphatic rings. The van der Waals surface area contributed by atoms with Gasteiger partial charge < -0.3 is 10.5 Å². The summed E-state index contributed by atoms with van der Waals surface area (Å²) >= 11 is 0. The Morgan fingerprint density at radius 2 is 2.15 bits per heavy atom. The first-order valence-electron chi connectivity index (χ1n) is 7.04. The van der Waals surface area contributed by atoms with Crippen molar-refractivity contribution in [2.24, 2.45) is 11.7 Å². The number of nitrogens with zero attached hydrogens (tertiary/aromatic N) is 2. The molecule has 1 amide bonds. The van der Waals surface area contributed by atoms with Crippen LogP contribution >= 0.6 is 0 Å². The van der Waals surface area contributed by atoms with E-state index in [4.69, 9.17) is 10.5 Å². The van der Waals surface area contributed by atoms with Gasteiger partial charge in [0, 0.05) is 13.1 Å². The summed E-state index contributed by atoms with van der Waals surface area (Å²) < 4.78 is 5.47. The van der Waals surface area contributed by atoms with Gasteiger partial charge in [-0.3, -0.25) is 9.88 Å². The second-order valence-corrected chi connectivity index (χ2v) is 6.25. The largest absolute Gasteiger partial charge is 0.443 e. The van der Waals surface area contributed by atoms with E-state index in [1.165, 1.54) is 12.8 Å². The summed E-state index contributed by atoms with van der Waals surface area (Å²) in [4.78, 5) is 18.3. The van der Waals surface area contributed by atoms with Crippen LogP contribution in [0.4, 0.5) is 10.5 Å². The highest BCUT2D eigenvalue weighted by molar-refractivity contribution is 5.87. The molecule has 110 valence electrons. The summed E-state index contributed by atoms with van der Waals surface area (Å²) in [5, 5.41) is 0. The fourth-order valence-electron chi connectivity index (χ4n) is 1.86. The van der Waals surface area contributed by atoms with Crippen molar-refractivity contribution in [2.45, 2.75) is 45.8 Å². The van der Waals surface area contributed by atoms with Gasteiger partial charge in [-0.15, -0.1) is 0 Å². The minimum Gasteiger partial charge on any atom is -0.443 e. The van der Waals surface area contributed by atoms with Crippen molar-refractivity contribution in [2.75, 3.05) is 11.4 Å². The molecule has 1 saturated carbocycles. The van der Waals surface area contributed by atoms with E-state index in [1.54, 1.807) is 11.1 Å². The number of carbonyl (C=O) groups is 1. The first kappa shape index (κ1) is 14.8. The van der Waals surface area contributed by atoms with E-state index < -0.39 is 5.60 Å². The van der Waals surface area contributed by atoms with Gasteiger partial charge in [0.1, 0.15) is 5.60 Å². The Bertz CT molecular complexity index is 461. The van der Waals surface area contributed by atoms with Crippen molar-refractivity contribution in [1.29, 1.82) is 0 Å². The number of hydrogen-bond donors (Lipinski definition) is 1. The van der Waals surface area contributed by atoms with Crippen molar-refractivity contribution in [3.63, 3.8) is 0 Å². The number of anilines is 1. The predicted molar refractivity (Wildman–Crippen MR) is 78.4 cm³/mol. The quantitative estimate of drug-likeness (QED) is 0.918. The zero-order chi connectivity index (χ0) is 14.8. The Balaban J connectivity index is 2.14. The van der Waals surface area contributed by atoms with Crippen LogP contribution in [0.5, 0.6) is 0 Å². The lowest BCUT2D eigenvalue weighted by molar-refractivity contribution is 0.0578. The molecule has 1 fully saturated rings. The van der Waals surface area contributed by atoms with Crippen LogP contribution < -0.4 is 10.6 Å². The first-order valence-corrected chi connectivity index (χ1v) is 7.04. The van der Waals surface area contributed by atoms with E-state index >= 15 is 0 Å². The molecule has 0 atom stereocenters. The van der Waals surface area contributed by atoms with Gasteiger partial charge in [-0.25, -0.2) is 4.79 Å². The second-order valence-electron chi connectivity index (χ2n) is 6.25. The van der Waals surface area contributed by atoms with Crippen molar-refractivity contribution in [1.82, 2.24) is 4.98 Å². The van der Waals surface area contributed by atoms with E-state index in [-0.39, 0.29) is 6.09 Å². The summed E-state index contributed by atoms with van der Waals surface area (Å²) in [7, 11) is 0. The average Bonchev–Trinajstić information content (AvgIpc) is 3.18. The third kappa shape index (κ3) is 4.20. The van der Waals surface area contributed by atoms with E-state index in [0.717, 1.165) is 11.4 Å². The smallest absolute Gasteiger partial charge is 0.414 e. The maximum atomic E-state index is 12.3. The minimum atomic E-state index is -0.497. The molecular formula is C15H23N3O2. The summed E-state index contributed by atoms with van der Waals surface area (Å²) in [5.74, 6) is 0.580. The summed E-state index contributed by atoms with van der Waals surface area (Å²) in [5.41, 5.74) is 6.62. The molecule has 0 saturated heterocycles. The molecular weight excluding hydrogens is 254 g/mol. The lowest BCUT2D eigenvalue weighted by atomic mass is 10.2. The summed E-state index contributed by atoms with van der Waals surface area (Å²) in [6.07, 6.45) is 3.72. The lowest BCUT2D eigenvalue weighted by Crippen LogP contribution is -2.38. The van der Waals surface area contributed by atoms with Gasteiger partial charge in [-0.2, -0.15) is 0 Å². The molecule has 0 aliphatic heterocycles. The van der Waals surface area contributed by atoms with E-state index in [2.05, 4.69) is 4.98 Å². The number of rotatable bonds is 4. The molecule has 1 heterocycles. The number of carbonyl (C=O) groups excluding carboxylic acids is 1. The normalized spacial score (nSPS) is 15.0.